The Labute approximate surface area is 180 Å². The molecule has 31 heavy (non-hydrogen) atoms. The van der Waals surface area contributed by atoms with Gasteiger partial charge in [0.25, 0.3) is 11.8 Å². The molecule has 0 bridgehead atoms. The summed E-state index contributed by atoms with van der Waals surface area (Å²) in [5.74, 6) is 0.427. The van der Waals surface area contributed by atoms with Crippen molar-refractivity contribution >= 4 is 23.2 Å². The first-order valence-electron chi connectivity index (χ1n) is 9.52. The Kier molecular flexibility index (Phi) is 6.86. The van der Waals surface area contributed by atoms with Crippen molar-refractivity contribution in [2.75, 3.05) is 17.7 Å². The summed E-state index contributed by atoms with van der Waals surface area (Å²) in [7, 11) is 1.54. The van der Waals surface area contributed by atoms with E-state index >= 15 is 0 Å². The molecule has 7 nitrogen and oxygen atoms in total. The fourth-order valence-electron chi connectivity index (χ4n) is 2.76. The standard InChI is InChI=1S/C24H21N3O4/c1-16(31-20-13-7-17(15-25)8-14-20)23(28)26-19-11-9-18(10-12-19)24(29)27-21-5-3-4-6-22(21)30-2/h3-14,16H,1-2H3,(H,26,28)(H,27,29). The Bertz CT molecular complexity index is 1100. The van der Waals surface area contributed by atoms with Gasteiger partial charge in [-0.25, -0.2) is 0 Å². The van der Waals surface area contributed by atoms with Crippen LogP contribution in [0.15, 0.2) is 72.8 Å². The van der Waals surface area contributed by atoms with Gasteiger partial charge in [0.05, 0.1) is 24.4 Å². The van der Waals surface area contributed by atoms with E-state index in [1.807, 2.05) is 12.1 Å². The van der Waals surface area contributed by atoms with Crippen LogP contribution in [-0.2, 0) is 4.79 Å². The summed E-state index contributed by atoms with van der Waals surface area (Å²) in [5.41, 5.74) is 2.06. The molecule has 0 spiro atoms. The summed E-state index contributed by atoms with van der Waals surface area (Å²) in [5, 5.41) is 14.4. The molecule has 0 radical (unpaired) electrons. The molecule has 0 saturated heterocycles. The molecule has 0 saturated carbocycles. The van der Waals surface area contributed by atoms with E-state index in [9.17, 15) is 9.59 Å². The van der Waals surface area contributed by atoms with Gasteiger partial charge in [-0.15, -0.1) is 0 Å². The van der Waals surface area contributed by atoms with Crippen LogP contribution in [0, 0.1) is 11.3 Å². The molecule has 3 rings (SSSR count). The van der Waals surface area contributed by atoms with Crippen molar-refractivity contribution < 1.29 is 19.1 Å². The van der Waals surface area contributed by atoms with Gasteiger partial charge in [-0.1, -0.05) is 12.1 Å². The van der Waals surface area contributed by atoms with Gasteiger partial charge in [-0.2, -0.15) is 5.26 Å². The number of hydrogen-bond donors (Lipinski definition) is 2. The second kappa shape index (κ2) is 9.94. The van der Waals surface area contributed by atoms with Gasteiger partial charge in [0.15, 0.2) is 6.10 Å². The SMILES string of the molecule is COc1ccccc1NC(=O)c1ccc(NC(=O)C(C)Oc2ccc(C#N)cc2)cc1. The van der Waals surface area contributed by atoms with Gasteiger partial charge in [-0.05, 0) is 67.6 Å². The minimum atomic E-state index is -0.749. The van der Waals surface area contributed by atoms with E-state index in [0.717, 1.165) is 0 Å². The molecular formula is C24H21N3O4. The number of amides is 2. The Morgan fingerprint density at radius 3 is 2.26 bits per heavy atom. The molecule has 3 aromatic rings. The number of anilines is 2. The summed E-state index contributed by atoms with van der Waals surface area (Å²) in [4.78, 5) is 24.9. The third-order valence-electron chi connectivity index (χ3n) is 4.44. The highest BCUT2D eigenvalue weighted by atomic mass is 16.5. The zero-order valence-corrected chi connectivity index (χ0v) is 17.1. The number of nitriles is 1. The summed E-state index contributed by atoms with van der Waals surface area (Å²) in [6.07, 6.45) is -0.749. The lowest BCUT2D eigenvalue weighted by Crippen LogP contribution is -2.30. The van der Waals surface area contributed by atoms with Crippen LogP contribution < -0.4 is 20.1 Å². The Balaban J connectivity index is 1.58. The molecule has 3 aromatic carbocycles. The minimum Gasteiger partial charge on any atom is -0.495 e. The third-order valence-corrected chi connectivity index (χ3v) is 4.44. The molecule has 0 fully saturated rings. The monoisotopic (exact) mass is 415 g/mol. The van der Waals surface area contributed by atoms with Crippen molar-refractivity contribution in [2.24, 2.45) is 0 Å². The quantitative estimate of drug-likeness (QED) is 0.602. The number of nitrogens with zero attached hydrogens (tertiary/aromatic N) is 1. The maximum atomic E-state index is 12.5. The van der Waals surface area contributed by atoms with E-state index in [1.165, 1.54) is 7.11 Å². The molecule has 0 aromatic heterocycles. The summed E-state index contributed by atoms with van der Waals surface area (Å²) >= 11 is 0. The molecule has 2 N–H and O–H groups in total. The van der Waals surface area contributed by atoms with Gasteiger partial charge in [0.2, 0.25) is 0 Å². The first kappa shape index (κ1) is 21.4. The number of para-hydroxylation sites is 2. The highest BCUT2D eigenvalue weighted by Gasteiger charge is 2.15. The first-order chi connectivity index (χ1) is 15.0. The zero-order valence-electron chi connectivity index (χ0n) is 17.1. The number of ether oxygens (including phenoxy) is 2. The predicted octanol–water partition coefficient (Wildman–Crippen LogP) is 4.23. The number of rotatable bonds is 7. The van der Waals surface area contributed by atoms with Crippen molar-refractivity contribution in [2.45, 2.75) is 13.0 Å². The van der Waals surface area contributed by atoms with Gasteiger partial charge in [0, 0.05) is 11.3 Å². The van der Waals surface area contributed by atoms with Gasteiger partial charge in [0.1, 0.15) is 11.5 Å². The van der Waals surface area contributed by atoms with Crippen LogP contribution in [-0.4, -0.2) is 25.0 Å². The molecule has 0 aliphatic heterocycles. The summed E-state index contributed by atoms with van der Waals surface area (Å²) in [6.45, 7) is 1.63. The highest BCUT2D eigenvalue weighted by molar-refractivity contribution is 6.05. The van der Waals surface area contributed by atoms with Crippen LogP contribution in [0.5, 0.6) is 11.5 Å². The van der Waals surface area contributed by atoms with E-state index in [0.29, 0.717) is 34.0 Å². The van der Waals surface area contributed by atoms with Crippen LogP contribution in [0.3, 0.4) is 0 Å². The lowest BCUT2D eigenvalue weighted by Gasteiger charge is -2.15. The molecule has 7 heteroatoms. The molecule has 1 unspecified atom stereocenters. The number of hydrogen-bond acceptors (Lipinski definition) is 5. The molecule has 156 valence electrons. The lowest BCUT2D eigenvalue weighted by molar-refractivity contribution is -0.122. The Hall–Kier alpha value is -4.31. The van der Waals surface area contributed by atoms with E-state index < -0.39 is 6.10 Å². The lowest BCUT2D eigenvalue weighted by atomic mass is 10.1. The molecule has 0 heterocycles. The van der Waals surface area contributed by atoms with Gasteiger partial charge < -0.3 is 20.1 Å². The second-order valence-corrected chi connectivity index (χ2v) is 6.62. The zero-order chi connectivity index (χ0) is 22.2. The van der Waals surface area contributed by atoms with Crippen molar-refractivity contribution in [3.8, 4) is 17.6 Å². The maximum Gasteiger partial charge on any atom is 0.265 e. The molecule has 0 aliphatic rings. The van der Waals surface area contributed by atoms with Crippen molar-refractivity contribution in [3.63, 3.8) is 0 Å². The molecule has 2 amide bonds. The van der Waals surface area contributed by atoms with Crippen molar-refractivity contribution in [1.29, 1.82) is 5.26 Å². The van der Waals surface area contributed by atoms with Crippen LogP contribution >= 0.6 is 0 Å². The van der Waals surface area contributed by atoms with Gasteiger partial charge >= 0.3 is 0 Å². The average molecular weight is 415 g/mol. The average Bonchev–Trinajstić information content (AvgIpc) is 2.80. The van der Waals surface area contributed by atoms with E-state index in [4.69, 9.17) is 14.7 Å². The maximum absolute atomic E-state index is 12.5. The van der Waals surface area contributed by atoms with Crippen molar-refractivity contribution in [1.82, 2.24) is 0 Å². The Morgan fingerprint density at radius 2 is 1.61 bits per heavy atom. The number of carbonyl (C=O) groups excluding carboxylic acids is 2. The number of benzene rings is 3. The third kappa shape index (κ3) is 5.61. The molecular weight excluding hydrogens is 394 g/mol. The molecule has 0 aliphatic carbocycles. The largest absolute Gasteiger partial charge is 0.495 e. The number of methoxy groups -OCH3 is 1. The smallest absolute Gasteiger partial charge is 0.265 e. The number of carbonyl (C=O) groups is 2. The molecule has 1 atom stereocenters. The topological polar surface area (TPSA) is 100 Å². The predicted molar refractivity (Wildman–Crippen MR) is 117 cm³/mol. The van der Waals surface area contributed by atoms with Crippen LogP contribution in [0.2, 0.25) is 0 Å². The van der Waals surface area contributed by atoms with E-state index in [2.05, 4.69) is 10.6 Å². The fourth-order valence-corrected chi connectivity index (χ4v) is 2.76. The fraction of sp³-hybridized carbons (Fsp3) is 0.125. The first-order valence-corrected chi connectivity index (χ1v) is 9.52. The second-order valence-electron chi connectivity index (χ2n) is 6.62. The van der Waals surface area contributed by atoms with E-state index in [1.54, 1.807) is 73.7 Å². The van der Waals surface area contributed by atoms with Crippen molar-refractivity contribution in [3.05, 3.63) is 83.9 Å². The summed E-state index contributed by atoms with van der Waals surface area (Å²) < 4.78 is 10.8. The minimum absolute atomic E-state index is 0.292. The highest BCUT2D eigenvalue weighted by Crippen LogP contribution is 2.24. The Morgan fingerprint density at radius 1 is 0.935 bits per heavy atom. The van der Waals surface area contributed by atoms with Crippen LogP contribution in [0.4, 0.5) is 11.4 Å². The van der Waals surface area contributed by atoms with Crippen LogP contribution in [0.1, 0.15) is 22.8 Å². The van der Waals surface area contributed by atoms with E-state index in [-0.39, 0.29) is 11.8 Å². The van der Waals surface area contributed by atoms with Crippen LogP contribution in [0.25, 0.3) is 0 Å². The van der Waals surface area contributed by atoms with Gasteiger partial charge in [-0.3, -0.25) is 9.59 Å². The normalized spacial score (nSPS) is 11.0. The summed E-state index contributed by atoms with van der Waals surface area (Å²) in [6, 6.07) is 22.2. The number of nitrogens with one attached hydrogen (secondary N) is 2.